The van der Waals surface area contributed by atoms with Crippen molar-refractivity contribution < 1.29 is 13.5 Å². The Morgan fingerprint density at radius 2 is 2.00 bits per heavy atom. The van der Waals surface area contributed by atoms with Crippen LogP contribution < -0.4 is 10.5 Å². The average molecular weight is 318 g/mol. The molecule has 114 valence electrons. The zero-order chi connectivity index (χ0) is 15.2. The topological polar surface area (TPSA) is 92.4 Å². The van der Waals surface area contributed by atoms with E-state index in [0.717, 1.165) is 4.90 Å². The van der Waals surface area contributed by atoms with Gasteiger partial charge in [-0.05, 0) is 32.4 Å². The molecule has 0 saturated heterocycles. The van der Waals surface area contributed by atoms with Crippen LogP contribution in [-0.4, -0.2) is 37.2 Å². The summed E-state index contributed by atoms with van der Waals surface area (Å²) in [5.74, 6) is 0.444. The Hall–Kier alpha value is -0.760. The molecule has 1 aromatic rings. The number of hydrogen-bond donors (Lipinski definition) is 3. The van der Waals surface area contributed by atoms with E-state index in [1.54, 1.807) is 19.9 Å². The molecule has 0 unspecified atom stereocenters. The van der Waals surface area contributed by atoms with Gasteiger partial charge in [-0.15, -0.1) is 11.8 Å². The van der Waals surface area contributed by atoms with Crippen molar-refractivity contribution in [3.05, 3.63) is 24.3 Å². The molecule has 5 nitrogen and oxygen atoms in total. The van der Waals surface area contributed by atoms with Crippen molar-refractivity contribution in [1.29, 1.82) is 0 Å². The van der Waals surface area contributed by atoms with Crippen LogP contribution >= 0.6 is 11.8 Å². The maximum Gasteiger partial charge on any atom is 0.212 e. The number of sulfonamides is 1. The number of benzene rings is 1. The van der Waals surface area contributed by atoms with Crippen LogP contribution in [-0.2, 0) is 10.0 Å². The SMILES string of the molecule is CC(C)(CCO)NS(=O)(=O)CCSc1ccccc1N. The van der Waals surface area contributed by atoms with Crippen LogP contribution in [0.1, 0.15) is 20.3 Å². The number of rotatable bonds is 8. The Morgan fingerprint density at radius 3 is 2.60 bits per heavy atom. The molecular formula is C13H22N2O3S2. The monoisotopic (exact) mass is 318 g/mol. The predicted octanol–water partition coefficient (Wildman–Crippen LogP) is 1.44. The van der Waals surface area contributed by atoms with Gasteiger partial charge in [0.05, 0.1) is 5.75 Å². The number of nitrogens with one attached hydrogen (secondary N) is 1. The lowest BCUT2D eigenvalue weighted by Gasteiger charge is -2.24. The Balaban J connectivity index is 2.50. The van der Waals surface area contributed by atoms with Crippen molar-refractivity contribution in [2.24, 2.45) is 0 Å². The molecule has 4 N–H and O–H groups in total. The van der Waals surface area contributed by atoms with Crippen LogP contribution in [0, 0.1) is 0 Å². The summed E-state index contributed by atoms with van der Waals surface area (Å²) in [6.07, 6.45) is 0.380. The number of para-hydroxylation sites is 1. The van der Waals surface area contributed by atoms with Crippen LogP contribution in [0.15, 0.2) is 29.2 Å². The molecule has 0 atom stereocenters. The number of nitrogen functional groups attached to an aromatic ring is 1. The van der Waals surface area contributed by atoms with Gasteiger partial charge in [-0.2, -0.15) is 0 Å². The molecule has 7 heteroatoms. The molecule has 0 amide bonds. The number of nitrogens with two attached hydrogens (primary N) is 1. The van der Waals surface area contributed by atoms with Crippen LogP contribution in [0.5, 0.6) is 0 Å². The molecule has 0 aliphatic heterocycles. The number of hydrogen-bond acceptors (Lipinski definition) is 5. The van der Waals surface area contributed by atoms with Gasteiger partial charge in [0.1, 0.15) is 0 Å². The highest BCUT2D eigenvalue weighted by Crippen LogP contribution is 2.24. The largest absolute Gasteiger partial charge is 0.398 e. The third-order valence-corrected chi connectivity index (χ3v) is 5.65. The lowest BCUT2D eigenvalue weighted by molar-refractivity contribution is 0.246. The van der Waals surface area contributed by atoms with E-state index in [0.29, 0.717) is 17.9 Å². The Labute approximate surface area is 125 Å². The molecular weight excluding hydrogens is 296 g/mol. The van der Waals surface area contributed by atoms with E-state index in [-0.39, 0.29) is 12.4 Å². The zero-order valence-corrected chi connectivity index (χ0v) is 13.4. The molecule has 0 saturated carbocycles. The molecule has 0 bridgehead atoms. The van der Waals surface area contributed by atoms with Crippen LogP contribution in [0.4, 0.5) is 5.69 Å². The molecule has 1 aromatic carbocycles. The highest BCUT2D eigenvalue weighted by atomic mass is 32.2. The van der Waals surface area contributed by atoms with Gasteiger partial charge in [0.25, 0.3) is 0 Å². The highest BCUT2D eigenvalue weighted by molar-refractivity contribution is 8.00. The van der Waals surface area contributed by atoms with Gasteiger partial charge >= 0.3 is 0 Å². The quantitative estimate of drug-likeness (QED) is 0.498. The summed E-state index contributed by atoms with van der Waals surface area (Å²) >= 11 is 1.42. The number of thioether (sulfide) groups is 1. The maximum absolute atomic E-state index is 12.0. The van der Waals surface area contributed by atoms with Gasteiger partial charge in [0.15, 0.2) is 0 Å². The van der Waals surface area contributed by atoms with Crippen molar-refractivity contribution in [2.75, 3.05) is 23.8 Å². The fourth-order valence-corrected chi connectivity index (χ4v) is 4.56. The summed E-state index contributed by atoms with van der Waals surface area (Å²) in [5, 5.41) is 8.90. The number of aliphatic hydroxyl groups is 1. The van der Waals surface area contributed by atoms with E-state index in [2.05, 4.69) is 4.72 Å². The lowest BCUT2D eigenvalue weighted by Crippen LogP contribution is -2.45. The van der Waals surface area contributed by atoms with Crippen LogP contribution in [0.3, 0.4) is 0 Å². The second kappa shape index (κ2) is 7.31. The zero-order valence-electron chi connectivity index (χ0n) is 11.8. The first-order valence-corrected chi connectivity index (χ1v) is 8.99. The van der Waals surface area contributed by atoms with E-state index in [1.165, 1.54) is 11.8 Å². The van der Waals surface area contributed by atoms with Gasteiger partial charge in [-0.1, -0.05) is 12.1 Å². The molecule has 0 aliphatic rings. The number of anilines is 1. The van der Waals surface area contributed by atoms with E-state index >= 15 is 0 Å². The summed E-state index contributed by atoms with van der Waals surface area (Å²) in [7, 11) is -3.37. The second-order valence-corrected chi connectivity index (χ2v) is 8.14. The van der Waals surface area contributed by atoms with Crippen molar-refractivity contribution >= 4 is 27.5 Å². The molecule has 0 radical (unpaired) electrons. The van der Waals surface area contributed by atoms with E-state index in [1.807, 2.05) is 18.2 Å². The van der Waals surface area contributed by atoms with Crippen molar-refractivity contribution in [1.82, 2.24) is 4.72 Å². The third kappa shape index (κ3) is 6.13. The summed E-state index contributed by atoms with van der Waals surface area (Å²) in [4.78, 5) is 0.886. The second-order valence-electron chi connectivity index (χ2n) is 5.16. The van der Waals surface area contributed by atoms with Crippen molar-refractivity contribution in [3.8, 4) is 0 Å². The first-order valence-electron chi connectivity index (χ1n) is 6.35. The minimum atomic E-state index is -3.37. The molecule has 0 spiro atoms. The molecule has 0 heterocycles. The van der Waals surface area contributed by atoms with Crippen molar-refractivity contribution in [3.63, 3.8) is 0 Å². The lowest BCUT2D eigenvalue weighted by atomic mass is 10.0. The minimum Gasteiger partial charge on any atom is -0.398 e. The normalized spacial score (nSPS) is 12.6. The average Bonchev–Trinajstić information content (AvgIpc) is 2.29. The first kappa shape index (κ1) is 17.3. The predicted molar refractivity (Wildman–Crippen MR) is 84.3 cm³/mol. The fourth-order valence-electron chi connectivity index (χ4n) is 1.68. The molecule has 20 heavy (non-hydrogen) atoms. The van der Waals surface area contributed by atoms with E-state index in [4.69, 9.17) is 10.8 Å². The number of aliphatic hydroxyl groups excluding tert-OH is 1. The minimum absolute atomic E-state index is 0.0147. The summed E-state index contributed by atoms with van der Waals surface area (Å²) in [5.41, 5.74) is 5.82. The third-order valence-electron chi connectivity index (χ3n) is 2.70. The Kier molecular flexibility index (Phi) is 6.32. The van der Waals surface area contributed by atoms with Gasteiger partial charge < -0.3 is 10.8 Å². The summed E-state index contributed by atoms with van der Waals surface area (Å²) in [6.45, 7) is 3.46. The molecule has 0 aliphatic carbocycles. The maximum atomic E-state index is 12.0. The fraction of sp³-hybridized carbons (Fsp3) is 0.538. The van der Waals surface area contributed by atoms with E-state index in [9.17, 15) is 8.42 Å². The van der Waals surface area contributed by atoms with E-state index < -0.39 is 15.6 Å². The first-order chi connectivity index (χ1) is 9.26. The smallest absolute Gasteiger partial charge is 0.212 e. The summed E-state index contributed by atoms with van der Waals surface area (Å²) < 4.78 is 26.5. The van der Waals surface area contributed by atoms with Gasteiger partial charge in [-0.25, -0.2) is 13.1 Å². The Bertz CT molecular complexity index is 530. The van der Waals surface area contributed by atoms with Gasteiger partial charge in [0, 0.05) is 28.5 Å². The van der Waals surface area contributed by atoms with Crippen molar-refractivity contribution in [2.45, 2.75) is 30.7 Å². The van der Waals surface area contributed by atoms with Gasteiger partial charge in [-0.3, -0.25) is 0 Å². The standard InChI is InChI=1S/C13H22N2O3S2/c1-13(2,7-8-16)15-20(17,18)10-9-19-12-6-4-3-5-11(12)14/h3-6,15-16H,7-10,14H2,1-2H3. The molecule has 1 rings (SSSR count). The van der Waals surface area contributed by atoms with Gasteiger partial charge in [0.2, 0.25) is 10.0 Å². The Morgan fingerprint density at radius 1 is 1.35 bits per heavy atom. The molecule has 0 aromatic heterocycles. The van der Waals surface area contributed by atoms with Crippen LogP contribution in [0.2, 0.25) is 0 Å². The highest BCUT2D eigenvalue weighted by Gasteiger charge is 2.24. The summed E-state index contributed by atoms with van der Waals surface area (Å²) in [6, 6.07) is 7.38. The van der Waals surface area contributed by atoms with Crippen LogP contribution in [0.25, 0.3) is 0 Å². The molecule has 0 fully saturated rings.